The Morgan fingerprint density at radius 1 is 0.926 bits per heavy atom. The smallest absolute Gasteiger partial charge is 0.278 e. The van der Waals surface area contributed by atoms with Crippen LogP contribution in [0.2, 0.25) is 10.0 Å². The van der Waals surface area contributed by atoms with Crippen LogP contribution in [-0.2, 0) is 6.54 Å². The largest absolute Gasteiger partial charge is 0.354 e. The molecule has 2 aromatic carbocycles. The van der Waals surface area contributed by atoms with Gasteiger partial charge in [-0.1, -0.05) is 47.5 Å². The normalized spacial score (nSPS) is 13.6. The summed E-state index contributed by atoms with van der Waals surface area (Å²) in [5, 5.41) is 2.04. The van der Waals surface area contributed by atoms with Gasteiger partial charge in [-0.3, -0.25) is 9.69 Å². The summed E-state index contributed by atoms with van der Waals surface area (Å²) >= 11 is 12.2. The first kappa shape index (κ1) is 17.7. The molecule has 1 aliphatic rings. The molecule has 2 heterocycles. The Balaban J connectivity index is 1.77. The number of hydrogen-bond donors (Lipinski definition) is 0. The molecule has 0 aliphatic carbocycles. The average Bonchev–Trinajstić information content (AvgIpc) is 3.03. The van der Waals surface area contributed by atoms with Crippen molar-refractivity contribution in [2.24, 2.45) is 0 Å². The molecular formula is C21H17Cl2N3O. The summed E-state index contributed by atoms with van der Waals surface area (Å²) in [5.41, 5.74) is 2.58. The highest BCUT2D eigenvalue weighted by Crippen LogP contribution is 2.26. The van der Waals surface area contributed by atoms with Gasteiger partial charge in [0.25, 0.3) is 5.91 Å². The van der Waals surface area contributed by atoms with Gasteiger partial charge in [-0.15, -0.1) is 0 Å². The van der Waals surface area contributed by atoms with Crippen LogP contribution in [0.25, 0.3) is 10.9 Å². The number of benzene rings is 2. The average molecular weight is 398 g/mol. The number of amides is 1. The fourth-order valence-electron chi connectivity index (χ4n) is 3.10. The summed E-state index contributed by atoms with van der Waals surface area (Å²) in [6.07, 6.45) is 7.18. The predicted octanol–water partition coefficient (Wildman–Crippen LogP) is 5.33. The Hall–Kier alpha value is -2.69. The van der Waals surface area contributed by atoms with Crippen LogP contribution in [0.5, 0.6) is 0 Å². The molecule has 6 heteroatoms. The van der Waals surface area contributed by atoms with E-state index in [1.807, 2.05) is 71.4 Å². The van der Waals surface area contributed by atoms with E-state index >= 15 is 0 Å². The molecule has 4 rings (SSSR count). The summed E-state index contributed by atoms with van der Waals surface area (Å²) in [7, 11) is 1.91. The van der Waals surface area contributed by atoms with Crippen LogP contribution >= 0.6 is 23.2 Å². The predicted molar refractivity (Wildman–Crippen MR) is 110 cm³/mol. The molecular weight excluding hydrogens is 381 g/mol. The number of carbonyl (C=O) groups excluding carboxylic acids is 1. The van der Waals surface area contributed by atoms with Crippen LogP contribution in [0.15, 0.2) is 73.3 Å². The third-order valence-corrected chi connectivity index (χ3v) is 5.25. The van der Waals surface area contributed by atoms with Gasteiger partial charge in [0.15, 0.2) is 0 Å². The summed E-state index contributed by atoms with van der Waals surface area (Å²) in [4.78, 5) is 16.6. The van der Waals surface area contributed by atoms with Crippen molar-refractivity contribution in [1.82, 2.24) is 14.4 Å². The van der Waals surface area contributed by atoms with E-state index in [-0.39, 0.29) is 5.91 Å². The van der Waals surface area contributed by atoms with Gasteiger partial charge in [0.1, 0.15) is 5.69 Å². The molecule has 1 amide bonds. The monoisotopic (exact) mass is 397 g/mol. The third kappa shape index (κ3) is 3.46. The van der Waals surface area contributed by atoms with Crippen LogP contribution < -0.4 is 0 Å². The van der Waals surface area contributed by atoms with Gasteiger partial charge in [-0.05, 0) is 29.8 Å². The van der Waals surface area contributed by atoms with E-state index in [0.29, 0.717) is 22.3 Å². The first-order chi connectivity index (χ1) is 13.0. The molecule has 0 unspecified atom stereocenters. The summed E-state index contributed by atoms with van der Waals surface area (Å²) < 4.78 is 2.01. The van der Waals surface area contributed by atoms with Crippen molar-refractivity contribution in [2.45, 2.75) is 6.54 Å². The molecule has 1 aliphatic heterocycles. The second kappa shape index (κ2) is 7.14. The summed E-state index contributed by atoms with van der Waals surface area (Å²) in [5.74, 6) is -0.0909. The van der Waals surface area contributed by atoms with E-state index in [0.717, 1.165) is 16.5 Å². The van der Waals surface area contributed by atoms with Crippen LogP contribution in [-0.4, -0.2) is 27.3 Å². The number of hydrogen-bond acceptors (Lipinski definition) is 2. The van der Waals surface area contributed by atoms with Gasteiger partial charge in [-0.2, -0.15) is 0 Å². The van der Waals surface area contributed by atoms with E-state index in [4.69, 9.17) is 23.2 Å². The number of para-hydroxylation sites is 1. The first-order valence-corrected chi connectivity index (χ1v) is 9.22. The van der Waals surface area contributed by atoms with Crippen LogP contribution in [0.1, 0.15) is 16.1 Å². The van der Waals surface area contributed by atoms with Crippen molar-refractivity contribution >= 4 is 40.0 Å². The molecule has 0 fully saturated rings. The summed E-state index contributed by atoms with van der Waals surface area (Å²) in [6, 6.07) is 15.4. The van der Waals surface area contributed by atoms with Gasteiger partial charge in [0.05, 0.1) is 10.0 Å². The van der Waals surface area contributed by atoms with Crippen molar-refractivity contribution in [3.8, 4) is 0 Å². The lowest BCUT2D eigenvalue weighted by Crippen LogP contribution is -2.26. The van der Waals surface area contributed by atoms with E-state index < -0.39 is 0 Å². The van der Waals surface area contributed by atoms with Crippen LogP contribution in [0.4, 0.5) is 0 Å². The zero-order valence-electron chi connectivity index (χ0n) is 14.6. The van der Waals surface area contributed by atoms with Gasteiger partial charge in [0.2, 0.25) is 0 Å². The molecule has 0 N–H and O–H groups in total. The zero-order valence-corrected chi connectivity index (χ0v) is 16.2. The van der Waals surface area contributed by atoms with E-state index in [9.17, 15) is 4.79 Å². The van der Waals surface area contributed by atoms with E-state index in [1.54, 1.807) is 23.4 Å². The number of fused-ring (bicyclic) bond motifs is 1. The Morgan fingerprint density at radius 3 is 2.41 bits per heavy atom. The fourth-order valence-corrected chi connectivity index (χ4v) is 3.42. The second-order valence-electron chi connectivity index (χ2n) is 6.40. The highest BCUT2D eigenvalue weighted by molar-refractivity contribution is 6.42. The van der Waals surface area contributed by atoms with Gasteiger partial charge < -0.3 is 9.47 Å². The molecule has 0 saturated heterocycles. The maximum absolute atomic E-state index is 13.1. The quantitative estimate of drug-likeness (QED) is 0.597. The first-order valence-electron chi connectivity index (χ1n) is 8.46. The van der Waals surface area contributed by atoms with Gasteiger partial charge in [-0.25, -0.2) is 0 Å². The lowest BCUT2D eigenvalue weighted by molar-refractivity contribution is 0.0855. The lowest BCUT2D eigenvalue weighted by atomic mass is 10.2. The van der Waals surface area contributed by atoms with Crippen molar-refractivity contribution < 1.29 is 4.79 Å². The topological polar surface area (TPSA) is 28.5 Å². The standard InChI is InChI=1S/C21H17Cl2N3O/c1-24-8-10-25(11-9-24)21(27)20-13-16-4-2-3-5-19(16)26(20)14-15-6-7-17(22)18(23)12-15/h2-13H,14H2,1H3. The summed E-state index contributed by atoms with van der Waals surface area (Å²) in [6.45, 7) is 0.520. The molecule has 1 aromatic heterocycles. The Kier molecular flexibility index (Phi) is 4.68. The number of rotatable bonds is 3. The number of aromatic nitrogens is 1. The number of carbonyl (C=O) groups is 1. The molecule has 0 saturated carbocycles. The van der Waals surface area contributed by atoms with Crippen molar-refractivity contribution in [3.05, 3.63) is 94.6 Å². The van der Waals surface area contributed by atoms with Crippen molar-refractivity contribution in [3.63, 3.8) is 0 Å². The van der Waals surface area contributed by atoms with Crippen molar-refractivity contribution in [1.29, 1.82) is 0 Å². The molecule has 0 spiro atoms. The van der Waals surface area contributed by atoms with E-state index in [2.05, 4.69) is 0 Å². The van der Waals surface area contributed by atoms with Crippen LogP contribution in [0.3, 0.4) is 0 Å². The molecule has 0 radical (unpaired) electrons. The molecule has 136 valence electrons. The van der Waals surface area contributed by atoms with Crippen LogP contribution in [0, 0.1) is 0 Å². The fraction of sp³-hybridized carbons (Fsp3) is 0.0952. The number of halogens is 2. The van der Waals surface area contributed by atoms with Gasteiger partial charge >= 0.3 is 0 Å². The minimum atomic E-state index is -0.0909. The Morgan fingerprint density at radius 2 is 1.67 bits per heavy atom. The highest BCUT2D eigenvalue weighted by atomic mass is 35.5. The second-order valence-corrected chi connectivity index (χ2v) is 7.21. The Labute approximate surface area is 167 Å². The zero-order chi connectivity index (χ0) is 19.0. The van der Waals surface area contributed by atoms with Crippen molar-refractivity contribution in [2.75, 3.05) is 7.05 Å². The minimum Gasteiger partial charge on any atom is -0.354 e. The molecule has 4 nitrogen and oxygen atoms in total. The lowest BCUT2D eigenvalue weighted by Gasteiger charge is -2.21. The molecule has 0 bridgehead atoms. The molecule has 3 aromatic rings. The maximum Gasteiger partial charge on any atom is 0.278 e. The molecule has 27 heavy (non-hydrogen) atoms. The Bertz CT molecular complexity index is 1070. The highest BCUT2D eigenvalue weighted by Gasteiger charge is 2.20. The van der Waals surface area contributed by atoms with Gasteiger partial charge in [0, 0.05) is 49.3 Å². The molecule has 0 atom stereocenters. The minimum absolute atomic E-state index is 0.0909. The maximum atomic E-state index is 13.1. The van der Waals surface area contributed by atoms with E-state index in [1.165, 1.54) is 0 Å². The number of nitrogens with zero attached hydrogens (tertiary/aromatic N) is 3. The SMILES string of the molecule is CN1C=CN(C(=O)c2cc3ccccc3n2Cc2ccc(Cl)c(Cl)c2)C=C1. The third-order valence-electron chi connectivity index (χ3n) is 4.51.